The van der Waals surface area contributed by atoms with Crippen molar-refractivity contribution in [2.45, 2.75) is 27.0 Å². The Kier molecular flexibility index (Phi) is 7.53. The Hall–Kier alpha value is -4.69. The highest BCUT2D eigenvalue weighted by Gasteiger charge is 2.25. The maximum Gasteiger partial charge on any atom is 0.345 e. The standard InChI is InChI=1S/C31H26ClN3O5/c1-19-14-25(40-18-24-10-7-11-27(35(37)38)29(24)31(36)39-3)16-28-30(19)33-20(2)34(28)17-23-13-12-22(15-26(23)32)21-8-5-4-6-9-21/h4-16H,17-18H2,1-3H3. The zero-order valence-electron chi connectivity index (χ0n) is 22.2. The van der Waals surface area contributed by atoms with E-state index in [1.54, 1.807) is 6.07 Å². The molecule has 5 aromatic rings. The summed E-state index contributed by atoms with van der Waals surface area (Å²) in [4.78, 5) is 28.0. The van der Waals surface area contributed by atoms with Gasteiger partial charge in [0.15, 0.2) is 0 Å². The van der Waals surface area contributed by atoms with Crippen molar-refractivity contribution in [1.82, 2.24) is 9.55 Å². The number of nitro groups is 1. The van der Waals surface area contributed by atoms with Crippen LogP contribution in [0.15, 0.2) is 78.9 Å². The van der Waals surface area contributed by atoms with Gasteiger partial charge in [0, 0.05) is 22.7 Å². The molecule has 0 aliphatic rings. The van der Waals surface area contributed by atoms with Gasteiger partial charge in [-0.2, -0.15) is 0 Å². The van der Waals surface area contributed by atoms with Crippen LogP contribution < -0.4 is 4.74 Å². The van der Waals surface area contributed by atoms with Crippen LogP contribution in [-0.4, -0.2) is 27.6 Å². The summed E-state index contributed by atoms with van der Waals surface area (Å²) in [5.41, 5.74) is 5.60. The third-order valence-electron chi connectivity index (χ3n) is 6.81. The van der Waals surface area contributed by atoms with Crippen molar-refractivity contribution in [3.8, 4) is 16.9 Å². The molecule has 40 heavy (non-hydrogen) atoms. The average Bonchev–Trinajstić information content (AvgIpc) is 3.27. The number of esters is 1. The predicted octanol–water partition coefficient (Wildman–Crippen LogP) is 7.30. The molecule has 0 saturated heterocycles. The number of imidazole rings is 1. The normalized spacial score (nSPS) is 11.0. The highest BCUT2D eigenvalue weighted by atomic mass is 35.5. The number of hydrogen-bond acceptors (Lipinski definition) is 6. The fraction of sp³-hybridized carbons (Fsp3) is 0.161. The molecule has 9 heteroatoms. The number of fused-ring (bicyclic) bond motifs is 1. The van der Waals surface area contributed by atoms with Crippen molar-refractivity contribution in [1.29, 1.82) is 0 Å². The molecule has 0 unspecified atom stereocenters. The number of aromatic nitrogens is 2. The molecule has 0 fully saturated rings. The lowest BCUT2D eigenvalue weighted by Crippen LogP contribution is -2.11. The molecule has 0 aliphatic carbocycles. The van der Waals surface area contributed by atoms with Crippen LogP contribution in [0.2, 0.25) is 5.02 Å². The Balaban J connectivity index is 1.45. The van der Waals surface area contributed by atoms with Crippen molar-refractivity contribution < 1.29 is 19.2 Å². The molecule has 1 heterocycles. The second-order valence-electron chi connectivity index (χ2n) is 9.37. The van der Waals surface area contributed by atoms with Crippen LogP contribution in [0.25, 0.3) is 22.2 Å². The number of nitro benzene ring substituents is 1. The summed E-state index contributed by atoms with van der Waals surface area (Å²) >= 11 is 6.72. The van der Waals surface area contributed by atoms with E-state index in [4.69, 9.17) is 26.1 Å². The molecule has 4 aromatic carbocycles. The van der Waals surface area contributed by atoms with Crippen LogP contribution in [0.1, 0.15) is 32.9 Å². The summed E-state index contributed by atoms with van der Waals surface area (Å²) in [6, 6.07) is 24.3. The molecule has 0 bridgehead atoms. The fourth-order valence-corrected chi connectivity index (χ4v) is 5.01. The highest BCUT2D eigenvalue weighted by molar-refractivity contribution is 6.31. The first-order chi connectivity index (χ1) is 19.3. The molecule has 202 valence electrons. The quantitative estimate of drug-likeness (QED) is 0.113. The highest BCUT2D eigenvalue weighted by Crippen LogP contribution is 2.31. The number of hydrogen-bond donors (Lipinski definition) is 0. The van der Waals surface area contributed by atoms with Crippen molar-refractivity contribution in [3.05, 3.63) is 122 Å². The second-order valence-corrected chi connectivity index (χ2v) is 9.78. The molecule has 1 aromatic heterocycles. The van der Waals surface area contributed by atoms with Crippen LogP contribution in [0.5, 0.6) is 5.75 Å². The largest absolute Gasteiger partial charge is 0.489 e. The van der Waals surface area contributed by atoms with E-state index in [9.17, 15) is 14.9 Å². The number of rotatable bonds is 8. The van der Waals surface area contributed by atoms with E-state index in [-0.39, 0.29) is 17.9 Å². The predicted molar refractivity (Wildman–Crippen MR) is 154 cm³/mol. The number of carbonyl (C=O) groups excluding carboxylic acids is 1. The smallest absolute Gasteiger partial charge is 0.345 e. The summed E-state index contributed by atoms with van der Waals surface area (Å²) in [6.45, 7) is 4.34. The Morgan fingerprint density at radius 3 is 2.45 bits per heavy atom. The van der Waals surface area contributed by atoms with Crippen LogP contribution in [-0.2, 0) is 17.9 Å². The Bertz CT molecular complexity index is 1750. The Morgan fingerprint density at radius 1 is 0.975 bits per heavy atom. The maximum atomic E-state index is 12.3. The van der Waals surface area contributed by atoms with Crippen molar-refractivity contribution >= 4 is 34.3 Å². The first-order valence-corrected chi connectivity index (χ1v) is 12.9. The molecule has 0 saturated carbocycles. The first-order valence-electron chi connectivity index (χ1n) is 12.6. The molecule has 0 N–H and O–H groups in total. The van der Waals surface area contributed by atoms with Gasteiger partial charge in [-0.3, -0.25) is 10.1 Å². The molecule has 0 amide bonds. The number of nitrogens with zero attached hydrogens (tertiary/aromatic N) is 3. The summed E-state index contributed by atoms with van der Waals surface area (Å²) in [5.74, 6) is 0.575. The summed E-state index contributed by atoms with van der Waals surface area (Å²) in [5, 5.41) is 12.2. The van der Waals surface area contributed by atoms with E-state index in [1.165, 1.54) is 19.2 Å². The zero-order valence-corrected chi connectivity index (χ0v) is 22.9. The van der Waals surface area contributed by atoms with Crippen LogP contribution in [0.3, 0.4) is 0 Å². The molecule has 8 nitrogen and oxygen atoms in total. The monoisotopic (exact) mass is 555 g/mol. The minimum absolute atomic E-state index is 0.0586. The average molecular weight is 556 g/mol. The number of ether oxygens (including phenoxy) is 2. The molecular formula is C31H26ClN3O5. The van der Waals surface area contributed by atoms with Gasteiger partial charge in [0.2, 0.25) is 0 Å². The van der Waals surface area contributed by atoms with Gasteiger partial charge < -0.3 is 14.0 Å². The van der Waals surface area contributed by atoms with Crippen LogP contribution in [0.4, 0.5) is 5.69 Å². The van der Waals surface area contributed by atoms with Gasteiger partial charge in [-0.05, 0) is 48.2 Å². The van der Waals surface area contributed by atoms with E-state index < -0.39 is 10.9 Å². The number of methoxy groups -OCH3 is 1. The van der Waals surface area contributed by atoms with Gasteiger partial charge in [0.25, 0.3) is 5.69 Å². The number of carbonyl (C=O) groups is 1. The molecule has 0 atom stereocenters. The van der Waals surface area contributed by atoms with Gasteiger partial charge >= 0.3 is 5.97 Å². The minimum Gasteiger partial charge on any atom is -0.489 e. The molecule has 0 spiro atoms. The van der Waals surface area contributed by atoms with Gasteiger partial charge in [0.05, 0.1) is 29.6 Å². The van der Waals surface area contributed by atoms with Gasteiger partial charge in [0.1, 0.15) is 23.7 Å². The minimum atomic E-state index is -0.790. The van der Waals surface area contributed by atoms with Crippen molar-refractivity contribution in [3.63, 3.8) is 0 Å². The SMILES string of the molecule is COC(=O)c1c(COc2cc(C)c3nc(C)n(Cc4ccc(-c5ccccc5)cc4Cl)c3c2)cccc1[N+](=O)[O-]. The third-order valence-corrected chi connectivity index (χ3v) is 7.16. The Labute approximate surface area is 235 Å². The second kappa shape index (κ2) is 11.2. The molecule has 0 aliphatic heterocycles. The zero-order chi connectivity index (χ0) is 28.4. The van der Waals surface area contributed by atoms with E-state index in [2.05, 4.69) is 10.6 Å². The summed E-state index contributed by atoms with van der Waals surface area (Å²) in [7, 11) is 1.19. The van der Waals surface area contributed by atoms with Gasteiger partial charge in [-0.15, -0.1) is 0 Å². The van der Waals surface area contributed by atoms with E-state index in [1.807, 2.05) is 68.4 Å². The lowest BCUT2D eigenvalue weighted by Gasteiger charge is -2.13. The summed E-state index contributed by atoms with van der Waals surface area (Å²) < 4.78 is 12.9. The lowest BCUT2D eigenvalue weighted by atomic mass is 10.0. The van der Waals surface area contributed by atoms with E-state index in [0.717, 1.165) is 39.1 Å². The van der Waals surface area contributed by atoms with E-state index >= 15 is 0 Å². The molecular weight excluding hydrogens is 530 g/mol. The third kappa shape index (κ3) is 5.26. The molecule has 5 rings (SSSR count). The fourth-order valence-electron chi connectivity index (χ4n) is 4.77. The number of aryl methyl sites for hydroxylation is 2. The van der Waals surface area contributed by atoms with Crippen LogP contribution >= 0.6 is 11.6 Å². The Morgan fingerprint density at radius 2 is 1.75 bits per heavy atom. The van der Waals surface area contributed by atoms with Crippen LogP contribution in [0, 0.1) is 24.0 Å². The summed E-state index contributed by atoms with van der Waals surface area (Å²) in [6.07, 6.45) is 0. The van der Waals surface area contributed by atoms with Crippen molar-refractivity contribution in [2.75, 3.05) is 7.11 Å². The van der Waals surface area contributed by atoms with Crippen molar-refractivity contribution in [2.24, 2.45) is 0 Å². The maximum absolute atomic E-state index is 12.3. The first kappa shape index (κ1) is 26.9. The van der Waals surface area contributed by atoms with E-state index in [0.29, 0.717) is 22.9 Å². The lowest BCUT2D eigenvalue weighted by molar-refractivity contribution is -0.385. The topological polar surface area (TPSA) is 96.5 Å². The van der Waals surface area contributed by atoms with Gasteiger partial charge in [-0.1, -0.05) is 66.2 Å². The number of halogens is 1. The molecule has 0 radical (unpaired) electrons. The van der Waals surface area contributed by atoms with Gasteiger partial charge in [-0.25, -0.2) is 9.78 Å². The number of benzene rings is 4.